The highest BCUT2D eigenvalue weighted by Crippen LogP contribution is 2.40. The van der Waals surface area contributed by atoms with E-state index in [2.05, 4.69) is 5.32 Å². The molecular formula is C28H27NO4. The van der Waals surface area contributed by atoms with Crippen LogP contribution in [0.4, 0.5) is 0 Å². The molecule has 1 fully saturated rings. The van der Waals surface area contributed by atoms with Crippen molar-refractivity contribution in [2.24, 2.45) is 5.92 Å². The normalized spacial score (nSPS) is 17.2. The van der Waals surface area contributed by atoms with E-state index in [4.69, 9.17) is 0 Å². The largest absolute Gasteiger partial charge is 0.480 e. The second kappa shape index (κ2) is 9.82. The maximum atomic E-state index is 14.2. The Morgan fingerprint density at radius 1 is 0.818 bits per heavy atom. The van der Waals surface area contributed by atoms with E-state index in [0.29, 0.717) is 19.3 Å². The Bertz CT molecular complexity index is 1020. The monoisotopic (exact) mass is 441 g/mol. The summed E-state index contributed by atoms with van der Waals surface area (Å²) in [6.45, 7) is 0. The molecule has 1 aliphatic rings. The molecule has 1 aliphatic carbocycles. The van der Waals surface area contributed by atoms with Gasteiger partial charge in [-0.15, -0.1) is 0 Å². The summed E-state index contributed by atoms with van der Waals surface area (Å²) in [4.78, 5) is 38.5. The predicted octanol–water partition coefficient (Wildman–Crippen LogP) is 4.35. The Morgan fingerprint density at radius 3 is 1.67 bits per heavy atom. The number of hydrogen-bond acceptors (Lipinski definition) is 3. The average Bonchev–Trinajstić information content (AvgIpc) is 2.85. The molecule has 3 aromatic carbocycles. The van der Waals surface area contributed by atoms with Crippen LogP contribution in [0.3, 0.4) is 0 Å². The predicted molar refractivity (Wildman–Crippen MR) is 126 cm³/mol. The van der Waals surface area contributed by atoms with Gasteiger partial charge in [-0.1, -0.05) is 91.0 Å². The van der Waals surface area contributed by atoms with Gasteiger partial charge in [-0.25, -0.2) is 4.79 Å². The van der Waals surface area contributed by atoms with Gasteiger partial charge in [0.15, 0.2) is 0 Å². The molecule has 0 heterocycles. The molecule has 0 spiro atoms. The van der Waals surface area contributed by atoms with Gasteiger partial charge in [0.2, 0.25) is 5.91 Å². The quantitative estimate of drug-likeness (QED) is 0.534. The van der Waals surface area contributed by atoms with Crippen molar-refractivity contribution < 1.29 is 19.5 Å². The lowest BCUT2D eigenvalue weighted by Crippen LogP contribution is -2.54. The van der Waals surface area contributed by atoms with Crippen molar-refractivity contribution in [3.8, 4) is 0 Å². The number of carboxylic acid groups (broad SMARTS) is 1. The van der Waals surface area contributed by atoms with Crippen molar-refractivity contribution in [1.29, 1.82) is 0 Å². The number of ketones is 1. The summed E-state index contributed by atoms with van der Waals surface area (Å²) >= 11 is 0. The first-order valence-corrected chi connectivity index (χ1v) is 11.3. The summed E-state index contributed by atoms with van der Waals surface area (Å²) < 4.78 is 0. The molecule has 0 saturated heterocycles. The zero-order chi connectivity index (χ0) is 23.3. The first-order valence-electron chi connectivity index (χ1n) is 11.3. The molecule has 0 unspecified atom stereocenters. The molecule has 2 atom stereocenters. The van der Waals surface area contributed by atoms with Gasteiger partial charge in [0.1, 0.15) is 17.2 Å². The molecule has 0 aromatic heterocycles. The second-order valence-corrected chi connectivity index (χ2v) is 8.53. The Balaban J connectivity index is 1.86. The van der Waals surface area contributed by atoms with E-state index in [1.165, 1.54) is 0 Å². The van der Waals surface area contributed by atoms with Gasteiger partial charge in [-0.05, 0) is 35.4 Å². The van der Waals surface area contributed by atoms with Crippen LogP contribution in [0.2, 0.25) is 0 Å². The van der Waals surface area contributed by atoms with Gasteiger partial charge < -0.3 is 10.4 Å². The number of amides is 1. The molecule has 0 bridgehead atoms. The highest BCUT2D eigenvalue weighted by molar-refractivity contribution is 5.98. The van der Waals surface area contributed by atoms with Crippen molar-refractivity contribution in [3.63, 3.8) is 0 Å². The van der Waals surface area contributed by atoms with Crippen LogP contribution in [0.25, 0.3) is 0 Å². The van der Waals surface area contributed by atoms with Gasteiger partial charge in [0.25, 0.3) is 0 Å². The van der Waals surface area contributed by atoms with Crippen LogP contribution in [0.1, 0.15) is 42.4 Å². The van der Waals surface area contributed by atoms with Gasteiger partial charge in [0, 0.05) is 12.8 Å². The van der Waals surface area contributed by atoms with E-state index in [1.54, 1.807) is 0 Å². The highest BCUT2D eigenvalue weighted by Gasteiger charge is 2.46. The molecular weight excluding hydrogens is 414 g/mol. The molecule has 0 aliphatic heterocycles. The lowest BCUT2D eigenvalue weighted by atomic mass is 9.68. The third-order valence-electron chi connectivity index (χ3n) is 6.51. The topological polar surface area (TPSA) is 83.5 Å². The summed E-state index contributed by atoms with van der Waals surface area (Å²) in [7, 11) is 0. The molecule has 5 nitrogen and oxygen atoms in total. The van der Waals surface area contributed by atoms with Gasteiger partial charge in [0.05, 0.1) is 0 Å². The highest BCUT2D eigenvalue weighted by atomic mass is 16.4. The molecule has 2 N–H and O–H groups in total. The fourth-order valence-corrected chi connectivity index (χ4v) is 4.93. The Kier molecular flexibility index (Phi) is 6.68. The van der Waals surface area contributed by atoms with E-state index >= 15 is 0 Å². The van der Waals surface area contributed by atoms with Crippen LogP contribution < -0.4 is 5.32 Å². The third kappa shape index (κ3) is 4.44. The van der Waals surface area contributed by atoms with Crippen molar-refractivity contribution >= 4 is 17.7 Å². The van der Waals surface area contributed by atoms with Crippen LogP contribution in [0, 0.1) is 5.92 Å². The first kappa shape index (κ1) is 22.5. The second-order valence-electron chi connectivity index (χ2n) is 8.53. The number of nitrogens with one attached hydrogen (secondary N) is 1. The molecule has 33 heavy (non-hydrogen) atoms. The molecule has 3 aromatic rings. The molecule has 168 valence electrons. The van der Waals surface area contributed by atoms with E-state index in [9.17, 15) is 19.5 Å². The summed E-state index contributed by atoms with van der Waals surface area (Å²) in [5.74, 6) is -1.91. The molecule has 1 saturated carbocycles. The number of hydrogen-bond donors (Lipinski definition) is 2. The zero-order valence-electron chi connectivity index (χ0n) is 18.3. The number of carbonyl (C=O) groups excluding carboxylic acids is 2. The van der Waals surface area contributed by atoms with Crippen molar-refractivity contribution in [3.05, 3.63) is 108 Å². The van der Waals surface area contributed by atoms with E-state index < -0.39 is 29.3 Å². The minimum absolute atomic E-state index is 0.0483. The summed E-state index contributed by atoms with van der Waals surface area (Å²) in [6.07, 6.45) is 1.88. The number of aliphatic carboxylic acids is 1. The van der Waals surface area contributed by atoms with Gasteiger partial charge in [-0.2, -0.15) is 0 Å². The summed E-state index contributed by atoms with van der Waals surface area (Å²) in [5, 5.41) is 12.9. The van der Waals surface area contributed by atoms with Crippen LogP contribution in [0.15, 0.2) is 91.0 Å². The van der Waals surface area contributed by atoms with E-state index in [1.807, 2.05) is 91.0 Å². The van der Waals surface area contributed by atoms with E-state index in [-0.39, 0.29) is 12.2 Å². The molecule has 5 heteroatoms. The number of carboxylic acids is 1. The number of rotatable bonds is 7. The fourth-order valence-electron chi connectivity index (χ4n) is 4.93. The lowest BCUT2D eigenvalue weighted by Gasteiger charge is -2.37. The number of benzene rings is 3. The fraction of sp³-hybridized carbons (Fsp3) is 0.250. The minimum atomic E-state index is -1.25. The Morgan fingerprint density at radius 2 is 1.27 bits per heavy atom. The van der Waals surface area contributed by atoms with E-state index in [0.717, 1.165) is 16.7 Å². The van der Waals surface area contributed by atoms with Crippen LogP contribution in [-0.4, -0.2) is 28.8 Å². The molecule has 0 radical (unpaired) electrons. The van der Waals surface area contributed by atoms with Crippen LogP contribution in [-0.2, 0) is 19.8 Å². The average molecular weight is 442 g/mol. The molecule has 1 amide bonds. The first-order chi connectivity index (χ1) is 16.0. The maximum absolute atomic E-state index is 14.2. The van der Waals surface area contributed by atoms with Crippen LogP contribution in [0.5, 0.6) is 0 Å². The molecule has 4 rings (SSSR count). The smallest absolute Gasteiger partial charge is 0.326 e. The third-order valence-corrected chi connectivity index (χ3v) is 6.51. The Hall–Kier alpha value is -3.73. The van der Waals surface area contributed by atoms with Gasteiger partial charge >= 0.3 is 5.97 Å². The van der Waals surface area contributed by atoms with Crippen molar-refractivity contribution in [2.45, 2.75) is 37.1 Å². The SMILES string of the molecule is O=C1CCC[C@@H]([C@H](NC(=O)C(c2ccccc2)(c2ccccc2)c2ccccc2)C(=O)O)C1. The maximum Gasteiger partial charge on any atom is 0.326 e. The summed E-state index contributed by atoms with van der Waals surface area (Å²) in [5.41, 5.74) is 0.965. The number of Topliss-reactive ketones (excluding diaryl/α,β-unsaturated/α-hetero) is 1. The van der Waals surface area contributed by atoms with Gasteiger partial charge in [-0.3, -0.25) is 9.59 Å². The minimum Gasteiger partial charge on any atom is -0.480 e. The zero-order valence-corrected chi connectivity index (χ0v) is 18.3. The van der Waals surface area contributed by atoms with Crippen molar-refractivity contribution in [1.82, 2.24) is 5.32 Å². The summed E-state index contributed by atoms with van der Waals surface area (Å²) in [6, 6.07) is 27.1. The van der Waals surface area contributed by atoms with Crippen LogP contribution >= 0.6 is 0 Å². The standard InChI is InChI=1S/C28H27NO4/c30-24-18-10-11-20(19-24)25(26(31)32)29-27(33)28(21-12-4-1-5-13-21,22-14-6-2-7-15-22)23-16-8-3-9-17-23/h1-9,12-17,20,25H,10-11,18-19H2,(H,29,33)(H,31,32)/t20-,25+/m1/s1. The van der Waals surface area contributed by atoms with Crippen molar-refractivity contribution in [2.75, 3.05) is 0 Å². The lowest BCUT2D eigenvalue weighted by molar-refractivity contribution is -0.144. The Labute approximate surface area is 193 Å². The number of carbonyl (C=O) groups is 3.